The minimum atomic E-state index is -0.207. The average molecular weight is 502 g/mol. The summed E-state index contributed by atoms with van der Waals surface area (Å²) >= 11 is 6.50. The number of methoxy groups -OCH3 is 2. The third-order valence-corrected chi connectivity index (χ3v) is 7.25. The van der Waals surface area contributed by atoms with Gasteiger partial charge in [0.1, 0.15) is 15.8 Å². The Morgan fingerprint density at radius 1 is 0.971 bits per heavy atom. The summed E-state index contributed by atoms with van der Waals surface area (Å²) in [6.07, 6.45) is 1.90. The van der Waals surface area contributed by atoms with Crippen molar-refractivity contribution in [1.29, 1.82) is 0 Å². The van der Waals surface area contributed by atoms with Crippen LogP contribution in [-0.4, -0.2) is 24.4 Å². The van der Waals surface area contributed by atoms with Crippen LogP contribution in [0.4, 0.5) is 0 Å². The minimum absolute atomic E-state index is 0.153. The second kappa shape index (κ2) is 9.60. The molecule has 1 atom stereocenters. The first-order valence-corrected chi connectivity index (χ1v) is 12.3. The van der Waals surface area contributed by atoms with Gasteiger partial charge in [-0.05, 0) is 48.4 Å². The van der Waals surface area contributed by atoms with E-state index >= 15 is 0 Å². The zero-order valence-electron chi connectivity index (χ0n) is 19.5. The molecule has 0 radical (unpaired) electrons. The van der Waals surface area contributed by atoms with Gasteiger partial charge in [0.25, 0.3) is 5.91 Å². The van der Waals surface area contributed by atoms with Gasteiger partial charge in [-0.15, -0.1) is 0 Å². The maximum absolute atomic E-state index is 12.7. The molecule has 0 bridgehead atoms. The van der Waals surface area contributed by atoms with Gasteiger partial charge in [-0.3, -0.25) is 4.79 Å². The first-order chi connectivity index (χ1) is 17.0. The van der Waals surface area contributed by atoms with E-state index in [2.05, 4.69) is 30.4 Å². The number of benzene rings is 3. The Morgan fingerprint density at radius 3 is 2.37 bits per heavy atom. The van der Waals surface area contributed by atoms with E-state index in [1.807, 2.05) is 54.6 Å². The Bertz CT molecular complexity index is 1410. The summed E-state index contributed by atoms with van der Waals surface area (Å²) < 4.78 is 18.0. The fourth-order valence-corrected chi connectivity index (χ4v) is 5.47. The largest absolute Gasteiger partial charge is 0.493 e. The second-order valence-corrected chi connectivity index (χ2v) is 9.85. The standard InChI is InChI=1S/C28H23NO4S2/c1-16-8-4-5-9-18(16)25-19-10-6-7-11-21(19)33-26(17-12-13-22(31-2)23(14-17)32-3)20(25)15-24-27(30)29-28(34)35-24/h4-15,25H,1-3H3,(H,29,30,34)/b24-15-/t25-/m1/s1. The van der Waals surface area contributed by atoms with E-state index in [-0.39, 0.29) is 11.8 Å². The number of hydrogen-bond donors (Lipinski definition) is 1. The van der Waals surface area contributed by atoms with Gasteiger partial charge < -0.3 is 19.5 Å². The molecule has 0 saturated carbocycles. The molecule has 0 unspecified atom stereocenters. The molecule has 1 fully saturated rings. The summed E-state index contributed by atoms with van der Waals surface area (Å²) in [5.41, 5.74) is 5.00. The molecule has 1 saturated heterocycles. The van der Waals surface area contributed by atoms with E-state index in [9.17, 15) is 4.79 Å². The number of ether oxygens (including phenoxy) is 3. The Morgan fingerprint density at radius 2 is 1.69 bits per heavy atom. The molecule has 2 aliphatic heterocycles. The molecule has 0 aromatic heterocycles. The monoisotopic (exact) mass is 501 g/mol. The van der Waals surface area contributed by atoms with Crippen LogP contribution in [0.5, 0.6) is 17.2 Å². The van der Waals surface area contributed by atoms with Gasteiger partial charge in [0.15, 0.2) is 11.5 Å². The fourth-order valence-electron chi connectivity index (χ4n) is 4.44. The Labute approximate surface area is 213 Å². The molecule has 2 heterocycles. The van der Waals surface area contributed by atoms with Crippen molar-refractivity contribution >= 4 is 40.0 Å². The summed E-state index contributed by atoms with van der Waals surface area (Å²) in [5, 5.41) is 2.72. The van der Waals surface area contributed by atoms with Gasteiger partial charge in [-0.2, -0.15) is 0 Å². The van der Waals surface area contributed by atoms with Gasteiger partial charge >= 0.3 is 0 Å². The average Bonchev–Trinajstić information content (AvgIpc) is 3.20. The lowest BCUT2D eigenvalue weighted by Gasteiger charge is -2.31. The first-order valence-electron chi connectivity index (χ1n) is 11.0. The highest BCUT2D eigenvalue weighted by molar-refractivity contribution is 8.26. The first kappa shape index (κ1) is 23.2. The molecule has 35 heavy (non-hydrogen) atoms. The zero-order valence-corrected chi connectivity index (χ0v) is 21.1. The van der Waals surface area contributed by atoms with E-state index in [0.29, 0.717) is 26.5 Å². The van der Waals surface area contributed by atoms with Crippen LogP contribution in [0.1, 0.15) is 28.2 Å². The number of para-hydroxylation sites is 1. The molecular weight excluding hydrogens is 478 g/mol. The number of thiocarbonyl (C=S) groups is 1. The van der Waals surface area contributed by atoms with Crippen molar-refractivity contribution in [2.45, 2.75) is 12.8 Å². The van der Waals surface area contributed by atoms with Crippen LogP contribution >= 0.6 is 24.0 Å². The lowest BCUT2D eigenvalue weighted by Crippen LogP contribution is -2.19. The molecule has 5 nitrogen and oxygen atoms in total. The van der Waals surface area contributed by atoms with Crippen molar-refractivity contribution < 1.29 is 19.0 Å². The number of nitrogens with one attached hydrogen (secondary N) is 1. The number of hydrogen-bond acceptors (Lipinski definition) is 6. The van der Waals surface area contributed by atoms with Gasteiger partial charge in [0.2, 0.25) is 0 Å². The van der Waals surface area contributed by atoms with E-state index in [1.165, 1.54) is 11.8 Å². The van der Waals surface area contributed by atoms with E-state index in [4.69, 9.17) is 26.4 Å². The number of amides is 1. The van der Waals surface area contributed by atoms with Crippen molar-refractivity contribution in [2.24, 2.45) is 0 Å². The summed E-state index contributed by atoms with van der Waals surface area (Å²) in [4.78, 5) is 13.2. The number of aryl methyl sites for hydroxylation is 1. The second-order valence-electron chi connectivity index (χ2n) is 8.14. The topological polar surface area (TPSA) is 56.8 Å². The minimum Gasteiger partial charge on any atom is -0.493 e. The molecule has 3 aromatic carbocycles. The Hall–Kier alpha value is -3.55. The van der Waals surface area contributed by atoms with Gasteiger partial charge in [0.05, 0.1) is 19.1 Å². The highest BCUT2D eigenvalue weighted by Crippen LogP contribution is 2.48. The summed E-state index contributed by atoms with van der Waals surface area (Å²) in [5.74, 6) is 2.28. The Kier molecular flexibility index (Phi) is 6.36. The SMILES string of the molecule is COc1ccc(C2=C(/C=C3\SC(=S)NC3=O)[C@H](c3ccccc3C)c3ccccc3O2)cc1OC. The summed E-state index contributed by atoms with van der Waals surface area (Å²) in [6, 6.07) is 22.0. The smallest absolute Gasteiger partial charge is 0.263 e. The molecule has 1 amide bonds. The van der Waals surface area contributed by atoms with Crippen LogP contribution in [0.25, 0.3) is 5.76 Å². The van der Waals surface area contributed by atoms with E-state index < -0.39 is 0 Å². The third-order valence-electron chi connectivity index (χ3n) is 6.09. The lowest BCUT2D eigenvalue weighted by atomic mass is 9.79. The summed E-state index contributed by atoms with van der Waals surface area (Å²) in [7, 11) is 3.21. The van der Waals surface area contributed by atoms with Crippen molar-refractivity contribution in [1.82, 2.24) is 5.32 Å². The maximum atomic E-state index is 12.7. The van der Waals surface area contributed by atoms with Crippen molar-refractivity contribution in [3.8, 4) is 17.2 Å². The van der Waals surface area contributed by atoms with Crippen LogP contribution in [0.2, 0.25) is 0 Å². The number of thioether (sulfide) groups is 1. The van der Waals surface area contributed by atoms with Crippen LogP contribution in [-0.2, 0) is 4.79 Å². The van der Waals surface area contributed by atoms with Gasteiger partial charge in [-0.1, -0.05) is 66.4 Å². The predicted molar refractivity (Wildman–Crippen MR) is 143 cm³/mol. The zero-order chi connectivity index (χ0) is 24.5. The highest BCUT2D eigenvalue weighted by atomic mass is 32.2. The lowest BCUT2D eigenvalue weighted by molar-refractivity contribution is -0.115. The third kappa shape index (κ3) is 4.33. The van der Waals surface area contributed by atoms with Gasteiger partial charge in [0, 0.05) is 22.6 Å². The normalized spacial score (nSPS) is 18.3. The molecular formula is C28H23NO4S2. The number of carbonyl (C=O) groups is 1. The van der Waals surface area contributed by atoms with E-state index in [0.717, 1.165) is 33.6 Å². The number of fused-ring (bicyclic) bond motifs is 1. The highest BCUT2D eigenvalue weighted by Gasteiger charge is 2.33. The molecule has 5 rings (SSSR count). The van der Waals surface area contributed by atoms with Crippen molar-refractivity contribution in [3.63, 3.8) is 0 Å². The van der Waals surface area contributed by atoms with Crippen LogP contribution < -0.4 is 19.5 Å². The molecule has 1 N–H and O–H groups in total. The number of carbonyl (C=O) groups excluding carboxylic acids is 1. The molecule has 7 heteroatoms. The molecule has 0 spiro atoms. The molecule has 2 aliphatic rings. The quantitative estimate of drug-likeness (QED) is 0.343. The number of rotatable bonds is 5. The molecule has 0 aliphatic carbocycles. The number of allylic oxidation sites excluding steroid dienone is 2. The Balaban J connectivity index is 1.81. The maximum Gasteiger partial charge on any atom is 0.263 e. The van der Waals surface area contributed by atoms with Crippen molar-refractivity contribution in [3.05, 3.63) is 106 Å². The molecule has 3 aromatic rings. The van der Waals surface area contributed by atoms with Crippen LogP contribution in [0.15, 0.2) is 83.3 Å². The molecule has 176 valence electrons. The predicted octanol–water partition coefficient (Wildman–Crippen LogP) is 5.98. The van der Waals surface area contributed by atoms with Gasteiger partial charge in [-0.25, -0.2) is 0 Å². The van der Waals surface area contributed by atoms with Crippen LogP contribution in [0, 0.1) is 6.92 Å². The van der Waals surface area contributed by atoms with Crippen LogP contribution in [0.3, 0.4) is 0 Å². The van der Waals surface area contributed by atoms with E-state index in [1.54, 1.807) is 14.2 Å². The fraction of sp³-hybridized carbons (Fsp3) is 0.143. The van der Waals surface area contributed by atoms with Crippen molar-refractivity contribution in [2.75, 3.05) is 14.2 Å². The summed E-state index contributed by atoms with van der Waals surface area (Å²) in [6.45, 7) is 2.10.